The Labute approximate surface area is 141 Å². The molecule has 2 aliphatic heterocycles. The zero-order valence-corrected chi connectivity index (χ0v) is 13.9. The van der Waals surface area contributed by atoms with Gasteiger partial charge in [-0.2, -0.15) is 0 Å². The third kappa shape index (κ3) is 4.36. The molecule has 2 aliphatic rings. The van der Waals surface area contributed by atoms with Crippen molar-refractivity contribution in [1.82, 2.24) is 10.6 Å². The molecule has 1 unspecified atom stereocenters. The zero-order chi connectivity index (χ0) is 16.8. The summed E-state index contributed by atoms with van der Waals surface area (Å²) < 4.78 is 30.1. The number of halogens is 1. The van der Waals surface area contributed by atoms with Crippen LogP contribution in [0.15, 0.2) is 17.1 Å². The van der Waals surface area contributed by atoms with Gasteiger partial charge >= 0.3 is 0 Å². The Kier molecular flexibility index (Phi) is 5.87. The quantitative estimate of drug-likeness (QED) is 0.635. The first kappa shape index (κ1) is 17.0. The fourth-order valence-corrected chi connectivity index (χ4v) is 2.90. The Morgan fingerprint density at radius 2 is 2.29 bits per heavy atom. The van der Waals surface area contributed by atoms with Crippen LogP contribution in [0.2, 0.25) is 0 Å². The van der Waals surface area contributed by atoms with E-state index in [1.165, 1.54) is 12.1 Å². The van der Waals surface area contributed by atoms with Gasteiger partial charge in [0, 0.05) is 30.8 Å². The monoisotopic (exact) mass is 337 g/mol. The second-order valence-corrected chi connectivity index (χ2v) is 5.87. The lowest BCUT2D eigenvalue weighted by Gasteiger charge is -2.20. The summed E-state index contributed by atoms with van der Waals surface area (Å²) in [4.78, 5) is 4.55. The molecule has 0 saturated carbocycles. The van der Waals surface area contributed by atoms with E-state index in [2.05, 4.69) is 15.6 Å². The molecule has 1 aromatic rings. The van der Waals surface area contributed by atoms with Crippen LogP contribution in [-0.2, 0) is 22.6 Å². The molecule has 0 amide bonds. The van der Waals surface area contributed by atoms with E-state index < -0.39 is 0 Å². The van der Waals surface area contributed by atoms with Crippen LogP contribution in [0.5, 0.6) is 5.75 Å². The molecule has 0 aromatic heterocycles. The summed E-state index contributed by atoms with van der Waals surface area (Å²) in [5, 5.41) is 6.48. The van der Waals surface area contributed by atoms with Gasteiger partial charge in [0.2, 0.25) is 0 Å². The number of hydrogen-bond acceptors (Lipinski definition) is 4. The van der Waals surface area contributed by atoms with Gasteiger partial charge in [0.1, 0.15) is 11.6 Å². The maximum atomic E-state index is 13.8. The molecule has 2 heterocycles. The maximum Gasteiger partial charge on any atom is 0.191 e. The number of nitrogens with one attached hydrogen (secondary N) is 2. The molecule has 132 valence electrons. The van der Waals surface area contributed by atoms with Crippen molar-refractivity contribution in [3.8, 4) is 5.75 Å². The molecule has 1 atom stereocenters. The molecule has 6 nitrogen and oxygen atoms in total. The Hall–Kier alpha value is -1.86. The van der Waals surface area contributed by atoms with Gasteiger partial charge in [-0.15, -0.1) is 0 Å². The lowest BCUT2D eigenvalue weighted by molar-refractivity contribution is -0.0172. The molecule has 1 aromatic carbocycles. The highest BCUT2D eigenvalue weighted by molar-refractivity contribution is 5.79. The lowest BCUT2D eigenvalue weighted by atomic mass is 10.1. The Morgan fingerprint density at radius 3 is 3.08 bits per heavy atom. The first-order valence-corrected chi connectivity index (χ1v) is 8.42. The first-order chi connectivity index (χ1) is 11.8. The molecule has 0 radical (unpaired) electrons. The predicted molar refractivity (Wildman–Crippen MR) is 88.5 cm³/mol. The summed E-state index contributed by atoms with van der Waals surface area (Å²) in [6.45, 7) is 5.19. The van der Waals surface area contributed by atoms with E-state index >= 15 is 0 Å². The van der Waals surface area contributed by atoms with Gasteiger partial charge in [-0.3, -0.25) is 0 Å². The summed E-state index contributed by atoms with van der Waals surface area (Å²) >= 11 is 0. The van der Waals surface area contributed by atoms with Gasteiger partial charge in [-0.25, -0.2) is 9.38 Å². The molecule has 0 aliphatic carbocycles. The summed E-state index contributed by atoms with van der Waals surface area (Å²) in [5.41, 5.74) is 1.45. The molecule has 1 fully saturated rings. The van der Waals surface area contributed by atoms with Crippen LogP contribution < -0.4 is 15.4 Å². The molecule has 1 saturated heterocycles. The number of fused-ring (bicyclic) bond motifs is 1. The molecule has 0 spiro atoms. The number of guanidine groups is 1. The topological polar surface area (TPSA) is 64.1 Å². The van der Waals surface area contributed by atoms with Gasteiger partial charge in [0.05, 0.1) is 19.3 Å². The second kappa shape index (κ2) is 8.30. The second-order valence-electron chi connectivity index (χ2n) is 5.87. The highest BCUT2D eigenvalue weighted by Gasteiger charge is 2.18. The average molecular weight is 337 g/mol. The minimum atomic E-state index is -0.301. The van der Waals surface area contributed by atoms with Crippen LogP contribution in [0.25, 0.3) is 0 Å². The molecule has 24 heavy (non-hydrogen) atoms. The first-order valence-electron chi connectivity index (χ1n) is 8.42. The third-order valence-electron chi connectivity index (χ3n) is 4.02. The number of benzene rings is 1. The molecule has 0 bridgehead atoms. The smallest absolute Gasteiger partial charge is 0.191 e. The minimum absolute atomic E-state index is 0.187. The zero-order valence-electron chi connectivity index (χ0n) is 13.9. The predicted octanol–water partition coefficient (Wildman–Crippen LogP) is 1.93. The van der Waals surface area contributed by atoms with E-state index in [0.717, 1.165) is 43.7 Å². The summed E-state index contributed by atoms with van der Waals surface area (Å²) in [6.07, 6.45) is 2.41. The summed E-state index contributed by atoms with van der Waals surface area (Å²) in [5.74, 6) is 1.07. The fraction of sp³-hybridized carbons (Fsp3) is 0.588. The highest BCUT2D eigenvalue weighted by Crippen LogP contribution is 2.29. The van der Waals surface area contributed by atoms with Crippen LogP contribution in [0.3, 0.4) is 0 Å². The Balaban J connectivity index is 1.67. The standard InChI is InChI=1S/C17H24FN3O3/c1-2-19-17(21-9-15-4-3-5-23-15)20-8-12-6-14(18)7-13-10-22-11-24-16(12)13/h6-7,15H,2-5,8-11H2,1H3,(H2,19,20,21). The van der Waals surface area contributed by atoms with Gasteiger partial charge in [-0.05, 0) is 31.9 Å². The largest absolute Gasteiger partial charge is 0.467 e. The third-order valence-corrected chi connectivity index (χ3v) is 4.02. The number of hydrogen-bond donors (Lipinski definition) is 2. The van der Waals surface area contributed by atoms with Crippen molar-refractivity contribution in [2.24, 2.45) is 4.99 Å². The maximum absolute atomic E-state index is 13.8. The lowest BCUT2D eigenvalue weighted by Crippen LogP contribution is -2.41. The van der Waals surface area contributed by atoms with Crippen molar-refractivity contribution in [2.45, 2.75) is 39.0 Å². The van der Waals surface area contributed by atoms with E-state index in [1.807, 2.05) is 6.92 Å². The van der Waals surface area contributed by atoms with E-state index in [-0.39, 0.29) is 18.7 Å². The van der Waals surface area contributed by atoms with Crippen LogP contribution in [0, 0.1) is 5.82 Å². The molecule has 7 heteroatoms. The van der Waals surface area contributed by atoms with Crippen molar-refractivity contribution in [3.05, 3.63) is 29.1 Å². The normalized spacial score (nSPS) is 20.4. The van der Waals surface area contributed by atoms with E-state index in [9.17, 15) is 4.39 Å². The minimum Gasteiger partial charge on any atom is -0.467 e. The van der Waals surface area contributed by atoms with Crippen LogP contribution >= 0.6 is 0 Å². The fourth-order valence-electron chi connectivity index (χ4n) is 2.90. The number of rotatable bonds is 5. The van der Waals surface area contributed by atoms with Crippen molar-refractivity contribution in [1.29, 1.82) is 0 Å². The highest BCUT2D eigenvalue weighted by atomic mass is 19.1. The summed E-state index contributed by atoms with van der Waals surface area (Å²) in [6, 6.07) is 2.92. The number of aliphatic imine (C=N–C) groups is 1. The number of ether oxygens (including phenoxy) is 3. The van der Waals surface area contributed by atoms with Crippen molar-refractivity contribution in [3.63, 3.8) is 0 Å². The van der Waals surface area contributed by atoms with Crippen molar-refractivity contribution in [2.75, 3.05) is 26.5 Å². The van der Waals surface area contributed by atoms with E-state index in [1.54, 1.807) is 0 Å². The average Bonchev–Trinajstić information content (AvgIpc) is 3.10. The van der Waals surface area contributed by atoms with Crippen LogP contribution in [0.1, 0.15) is 30.9 Å². The molecule has 3 rings (SSSR count). The SMILES string of the molecule is CCNC(=NCc1cc(F)cc2c1OCOC2)NCC1CCCO1. The number of nitrogens with zero attached hydrogens (tertiary/aromatic N) is 1. The van der Waals surface area contributed by atoms with Gasteiger partial charge in [0.15, 0.2) is 12.8 Å². The van der Waals surface area contributed by atoms with Crippen LogP contribution in [-0.4, -0.2) is 38.6 Å². The van der Waals surface area contributed by atoms with Gasteiger partial charge < -0.3 is 24.8 Å². The van der Waals surface area contributed by atoms with Crippen LogP contribution in [0.4, 0.5) is 4.39 Å². The molecular weight excluding hydrogens is 313 g/mol. The Bertz CT molecular complexity index is 589. The summed E-state index contributed by atoms with van der Waals surface area (Å²) in [7, 11) is 0. The van der Waals surface area contributed by atoms with Crippen molar-refractivity contribution >= 4 is 5.96 Å². The van der Waals surface area contributed by atoms with E-state index in [4.69, 9.17) is 14.2 Å². The van der Waals surface area contributed by atoms with E-state index in [0.29, 0.717) is 24.9 Å². The van der Waals surface area contributed by atoms with Crippen molar-refractivity contribution < 1.29 is 18.6 Å². The molecular formula is C17H24FN3O3. The molecule has 2 N–H and O–H groups in total. The van der Waals surface area contributed by atoms with Gasteiger partial charge in [0.25, 0.3) is 0 Å². The Morgan fingerprint density at radius 1 is 1.38 bits per heavy atom. The van der Waals surface area contributed by atoms with Gasteiger partial charge in [-0.1, -0.05) is 0 Å².